The van der Waals surface area contributed by atoms with E-state index in [0.29, 0.717) is 30.3 Å². The van der Waals surface area contributed by atoms with Gasteiger partial charge in [0, 0.05) is 23.6 Å². The topological polar surface area (TPSA) is 61.7 Å². The zero-order valence-corrected chi connectivity index (χ0v) is 16.3. The number of hydrogen-bond acceptors (Lipinski definition) is 4. The number of amides is 1. The fraction of sp³-hybridized carbons (Fsp3) is 0.318. The average Bonchev–Trinajstić information content (AvgIpc) is 3.11. The van der Waals surface area contributed by atoms with Crippen molar-refractivity contribution in [1.82, 2.24) is 9.88 Å². The summed E-state index contributed by atoms with van der Waals surface area (Å²) >= 11 is 0. The molecule has 1 aliphatic rings. The second-order valence-corrected chi connectivity index (χ2v) is 6.84. The van der Waals surface area contributed by atoms with E-state index in [9.17, 15) is 4.79 Å². The molecule has 3 aromatic rings. The zero-order chi connectivity index (χ0) is 19.7. The van der Waals surface area contributed by atoms with E-state index in [1.54, 1.807) is 14.2 Å². The van der Waals surface area contributed by atoms with Crippen LogP contribution in [0.4, 0.5) is 0 Å². The molecule has 0 fully saturated rings. The Morgan fingerprint density at radius 3 is 2.82 bits per heavy atom. The standard InChI is InChI=1S/C22H24N2O4/c1-4-16-13-24-18(10-14-6-5-7-19(28-16)21(14)24)22(25)23-12-15-8-9-17(26-2)11-20(15)27-3/h5-11,16H,4,12-13H2,1-3H3,(H,23,25). The molecular weight excluding hydrogens is 356 g/mol. The molecule has 2 heterocycles. The van der Waals surface area contributed by atoms with Gasteiger partial charge in [-0.15, -0.1) is 0 Å². The molecule has 146 valence electrons. The maximum atomic E-state index is 13.0. The van der Waals surface area contributed by atoms with E-state index >= 15 is 0 Å². The van der Waals surface area contributed by atoms with Crippen molar-refractivity contribution in [3.8, 4) is 17.2 Å². The molecule has 4 rings (SSSR count). The summed E-state index contributed by atoms with van der Waals surface area (Å²) in [6.07, 6.45) is 0.955. The molecule has 28 heavy (non-hydrogen) atoms. The Balaban J connectivity index is 1.60. The van der Waals surface area contributed by atoms with Gasteiger partial charge in [0.2, 0.25) is 0 Å². The molecule has 1 atom stereocenters. The number of rotatable bonds is 6. The molecule has 6 nitrogen and oxygen atoms in total. The lowest BCUT2D eigenvalue weighted by molar-refractivity contribution is 0.0935. The van der Waals surface area contributed by atoms with Gasteiger partial charge in [-0.2, -0.15) is 0 Å². The summed E-state index contributed by atoms with van der Waals surface area (Å²) in [7, 11) is 3.22. The highest BCUT2D eigenvalue weighted by Crippen LogP contribution is 2.34. The van der Waals surface area contributed by atoms with E-state index < -0.39 is 0 Å². The minimum atomic E-state index is -0.114. The van der Waals surface area contributed by atoms with Crippen LogP contribution in [-0.4, -0.2) is 30.8 Å². The molecule has 2 aromatic carbocycles. The Kier molecular flexibility index (Phi) is 4.86. The monoisotopic (exact) mass is 380 g/mol. The highest BCUT2D eigenvalue weighted by Gasteiger charge is 2.25. The van der Waals surface area contributed by atoms with E-state index in [4.69, 9.17) is 14.2 Å². The summed E-state index contributed by atoms with van der Waals surface area (Å²) in [6.45, 7) is 3.13. The van der Waals surface area contributed by atoms with Crippen LogP contribution in [-0.2, 0) is 13.1 Å². The van der Waals surface area contributed by atoms with Gasteiger partial charge < -0.3 is 24.1 Å². The molecule has 0 saturated heterocycles. The van der Waals surface area contributed by atoms with E-state index in [2.05, 4.69) is 16.8 Å². The SMILES string of the molecule is CCC1Cn2c(C(=O)NCc3ccc(OC)cc3OC)cc3cccc(c32)O1. The number of aromatic nitrogens is 1. The van der Waals surface area contributed by atoms with E-state index in [1.165, 1.54) is 0 Å². The fourth-order valence-corrected chi connectivity index (χ4v) is 3.66. The van der Waals surface area contributed by atoms with Crippen LogP contribution in [0.25, 0.3) is 10.9 Å². The van der Waals surface area contributed by atoms with Crippen molar-refractivity contribution in [3.05, 3.63) is 53.7 Å². The first-order chi connectivity index (χ1) is 13.6. The second-order valence-electron chi connectivity index (χ2n) is 6.84. The number of nitrogens with one attached hydrogen (secondary N) is 1. The second kappa shape index (κ2) is 7.46. The minimum absolute atomic E-state index is 0.0683. The van der Waals surface area contributed by atoms with Crippen molar-refractivity contribution in [2.24, 2.45) is 0 Å². The van der Waals surface area contributed by atoms with Gasteiger partial charge in [-0.1, -0.05) is 19.1 Å². The lowest BCUT2D eigenvalue weighted by atomic mass is 10.2. The van der Waals surface area contributed by atoms with Gasteiger partial charge in [0.05, 0.1) is 26.3 Å². The van der Waals surface area contributed by atoms with Crippen LogP contribution >= 0.6 is 0 Å². The molecular formula is C22H24N2O4. The van der Waals surface area contributed by atoms with E-state index in [-0.39, 0.29) is 12.0 Å². The quantitative estimate of drug-likeness (QED) is 0.707. The van der Waals surface area contributed by atoms with Crippen LogP contribution in [0.1, 0.15) is 29.4 Å². The molecule has 0 radical (unpaired) electrons. The van der Waals surface area contributed by atoms with Crippen molar-refractivity contribution in [2.45, 2.75) is 32.5 Å². The van der Waals surface area contributed by atoms with Crippen LogP contribution in [0.15, 0.2) is 42.5 Å². The van der Waals surface area contributed by atoms with E-state index in [0.717, 1.165) is 28.6 Å². The third-order valence-electron chi connectivity index (χ3n) is 5.18. The van der Waals surface area contributed by atoms with Crippen molar-refractivity contribution in [1.29, 1.82) is 0 Å². The number of carbonyl (C=O) groups is 1. The summed E-state index contributed by atoms with van der Waals surface area (Å²) in [5, 5.41) is 4.03. The number of methoxy groups -OCH3 is 2. The Labute approximate surface area is 164 Å². The smallest absolute Gasteiger partial charge is 0.268 e. The number of nitrogens with zero attached hydrogens (tertiary/aromatic N) is 1. The first-order valence-electron chi connectivity index (χ1n) is 9.42. The Morgan fingerprint density at radius 2 is 2.07 bits per heavy atom. The molecule has 0 bridgehead atoms. The molecule has 0 aliphatic carbocycles. The van der Waals surface area contributed by atoms with Gasteiger partial charge in [-0.3, -0.25) is 4.79 Å². The molecule has 1 aliphatic heterocycles. The Bertz CT molecular complexity index is 1020. The largest absolute Gasteiger partial charge is 0.497 e. The molecule has 0 spiro atoms. The number of para-hydroxylation sites is 1. The number of carbonyl (C=O) groups excluding carboxylic acids is 1. The normalized spacial score (nSPS) is 15.2. The van der Waals surface area contributed by atoms with E-state index in [1.807, 2.05) is 42.5 Å². The zero-order valence-electron chi connectivity index (χ0n) is 16.3. The van der Waals surface area contributed by atoms with Crippen LogP contribution in [0.3, 0.4) is 0 Å². The number of ether oxygens (including phenoxy) is 3. The van der Waals surface area contributed by atoms with Gasteiger partial charge in [-0.05, 0) is 30.7 Å². The molecule has 1 unspecified atom stereocenters. The predicted octanol–water partition coefficient (Wildman–Crippen LogP) is 3.76. The van der Waals surface area contributed by atoms with Crippen molar-refractivity contribution < 1.29 is 19.0 Å². The predicted molar refractivity (Wildman–Crippen MR) is 107 cm³/mol. The highest BCUT2D eigenvalue weighted by atomic mass is 16.5. The van der Waals surface area contributed by atoms with Gasteiger partial charge in [0.1, 0.15) is 29.0 Å². The third kappa shape index (κ3) is 3.15. The summed E-state index contributed by atoms with van der Waals surface area (Å²) in [5.41, 5.74) is 2.53. The maximum Gasteiger partial charge on any atom is 0.268 e. The minimum Gasteiger partial charge on any atom is -0.497 e. The van der Waals surface area contributed by atoms with Crippen molar-refractivity contribution in [2.75, 3.05) is 14.2 Å². The van der Waals surface area contributed by atoms with Gasteiger partial charge in [-0.25, -0.2) is 0 Å². The van der Waals surface area contributed by atoms with Crippen LogP contribution < -0.4 is 19.5 Å². The number of benzene rings is 2. The molecule has 6 heteroatoms. The summed E-state index contributed by atoms with van der Waals surface area (Å²) in [6, 6.07) is 13.4. The van der Waals surface area contributed by atoms with Crippen LogP contribution in [0, 0.1) is 0 Å². The number of hydrogen-bond donors (Lipinski definition) is 1. The first-order valence-corrected chi connectivity index (χ1v) is 9.42. The first kappa shape index (κ1) is 18.2. The average molecular weight is 380 g/mol. The van der Waals surface area contributed by atoms with Crippen LogP contribution in [0.5, 0.6) is 17.2 Å². The van der Waals surface area contributed by atoms with Crippen molar-refractivity contribution in [3.63, 3.8) is 0 Å². The highest BCUT2D eigenvalue weighted by molar-refractivity contribution is 6.00. The summed E-state index contributed by atoms with van der Waals surface area (Å²) in [5.74, 6) is 2.12. The Hall–Kier alpha value is -3.15. The van der Waals surface area contributed by atoms with Crippen LogP contribution in [0.2, 0.25) is 0 Å². The summed E-state index contributed by atoms with van der Waals surface area (Å²) in [4.78, 5) is 13.0. The molecule has 0 saturated carbocycles. The van der Waals surface area contributed by atoms with Crippen molar-refractivity contribution >= 4 is 16.8 Å². The lowest BCUT2D eigenvalue weighted by Gasteiger charge is -2.26. The lowest BCUT2D eigenvalue weighted by Crippen LogP contribution is -2.31. The fourth-order valence-electron chi connectivity index (χ4n) is 3.66. The summed E-state index contributed by atoms with van der Waals surface area (Å²) < 4.78 is 18.8. The van der Waals surface area contributed by atoms with Gasteiger partial charge >= 0.3 is 0 Å². The van der Waals surface area contributed by atoms with Gasteiger partial charge in [0.15, 0.2) is 0 Å². The Morgan fingerprint density at radius 1 is 1.21 bits per heavy atom. The maximum absolute atomic E-state index is 13.0. The third-order valence-corrected chi connectivity index (χ3v) is 5.18. The molecule has 1 N–H and O–H groups in total. The van der Waals surface area contributed by atoms with Gasteiger partial charge in [0.25, 0.3) is 5.91 Å². The molecule has 1 aromatic heterocycles. The molecule has 1 amide bonds.